The van der Waals surface area contributed by atoms with Crippen molar-refractivity contribution in [1.82, 2.24) is 19.8 Å². The summed E-state index contributed by atoms with van der Waals surface area (Å²) in [6.45, 7) is 6.60. The van der Waals surface area contributed by atoms with E-state index >= 15 is 0 Å². The molecule has 2 aromatic heterocycles. The SMILES string of the molecule is CC/C=C(/c1ccccn1)C1CCN(C(=O)C2CCN(Cc3ccncc3N)CC2)CC1. The normalized spacial score (nSPS) is 19.3. The molecular formula is C26H35N5O. The highest BCUT2D eigenvalue weighted by Crippen LogP contribution is 2.32. The zero-order valence-corrected chi connectivity index (χ0v) is 19.1. The predicted octanol–water partition coefficient (Wildman–Crippen LogP) is 4.00. The fraction of sp³-hybridized carbons (Fsp3) is 0.500. The van der Waals surface area contributed by atoms with Crippen LogP contribution in [0, 0.1) is 11.8 Å². The van der Waals surface area contributed by atoms with Gasteiger partial charge in [0, 0.05) is 37.9 Å². The molecule has 170 valence electrons. The second kappa shape index (κ2) is 10.7. The summed E-state index contributed by atoms with van der Waals surface area (Å²) in [7, 11) is 0. The van der Waals surface area contributed by atoms with Crippen LogP contribution < -0.4 is 5.73 Å². The van der Waals surface area contributed by atoms with E-state index in [1.54, 1.807) is 12.4 Å². The first kappa shape index (κ1) is 22.5. The average Bonchev–Trinajstić information content (AvgIpc) is 2.85. The minimum absolute atomic E-state index is 0.152. The molecule has 0 aliphatic carbocycles. The largest absolute Gasteiger partial charge is 0.397 e. The number of nitrogens with two attached hydrogens (primary N) is 1. The van der Waals surface area contributed by atoms with Crippen molar-refractivity contribution < 1.29 is 4.79 Å². The van der Waals surface area contributed by atoms with Crippen molar-refractivity contribution in [2.24, 2.45) is 11.8 Å². The third-order valence-corrected chi connectivity index (χ3v) is 6.91. The molecule has 4 rings (SSSR count). The van der Waals surface area contributed by atoms with E-state index < -0.39 is 0 Å². The molecule has 6 nitrogen and oxygen atoms in total. The van der Waals surface area contributed by atoms with Crippen LogP contribution >= 0.6 is 0 Å². The number of hydrogen-bond acceptors (Lipinski definition) is 5. The number of carbonyl (C=O) groups excluding carboxylic acids is 1. The van der Waals surface area contributed by atoms with Gasteiger partial charge in [0.1, 0.15) is 0 Å². The molecule has 2 N–H and O–H groups in total. The number of piperidine rings is 2. The van der Waals surface area contributed by atoms with Crippen LogP contribution in [0.2, 0.25) is 0 Å². The van der Waals surface area contributed by atoms with Crippen LogP contribution in [0.4, 0.5) is 5.69 Å². The highest BCUT2D eigenvalue weighted by atomic mass is 16.2. The maximum Gasteiger partial charge on any atom is 0.225 e. The molecular weight excluding hydrogens is 398 g/mol. The monoisotopic (exact) mass is 433 g/mol. The molecule has 2 aliphatic rings. The Morgan fingerprint density at radius 3 is 2.47 bits per heavy atom. The van der Waals surface area contributed by atoms with Gasteiger partial charge in [-0.15, -0.1) is 0 Å². The summed E-state index contributed by atoms with van der Waals surface area (Å²) in [5, 5.41) is 0. The predicted molar refractivity (Wildman–Crippen MR) is 128 cm³/mol. The lowest BCUT2D eigenvalue weighted by atomic mass is 9.85. The Labute approximate surface area is 191 Å². The van der Waals surface area contributed by atoms with E-state index in [0.29, 0.717) is 11.8 Å². The van der Waals surface area contributed by atoms with Crippen LogP contribution in [0.3, 0.4) is 0 Å². The maximum atomic E-state index is 13.2. The van der Waals surface area contributed by atoms with Crippen LogP contribution in [0.15, 0.2) is 48.9 Å². The van der Waals surface area contributed by atoms with E-state index in [1.165, 1.54) is 5.57 Å². The first-order valence-electron chi connectivity index (χ1n) is 12.0. The van der Waals surface area contributed by atoms with Gasteiger partial charge >= 0.3 is 0 Å². The Balaban J connectivity index is 1.28. The van der Waals surface area contributed by atoms with Gasteiger partial charge in [0.05, 0.1) is 17.6 Å². The number of hydrogen-bond donors (Lipinski definition) is 1. The van der Waals surface area contributed by atoms with E-state index in [2.05, 4.69) is 44.9 Å². The van der Waals surface area contributed by atoms with Gasteiger partial charge in [0.2, 0.25) is 5.91 Å². The molecule has 0 radical (unpaired) electrons. The quantitative estimate of drug-likeness (QED) is 0.745. The number of carbonyl (C=O) groups is 1. The summed E-state index contributed by atoms with van der Waals surface area (Å²) in [6, 6.07) is 8.11. The number of amides is 1. The molecule has 2 aromatic rings. The minimum atomic E-state index is 0.152. The maximum absolute atomic E-state index is 13.2. The first-order valence-corrected chi connectivity index (χ1v) is 12.0. The Morgan fingerprint density at radius 1 is 1.06 bits per heavy atom. The summed E-state index contributed by atoms with van der Waals surface area (Å²) < 4.78 is 0. The van der Waals surface area contributed by atoms with Crippen LogP contribution in [0.1, 0.15) is 50.3 Å². The summed E-state index contributed by atoms with van der Waals surface area (Å²) in [6.07, 6.45) is 12.6. The fourth-order valence-corrected chi connectivity index (χ4v) is 5.06. The van der Waals surface area contributed by atoms with Gasteiger partial charge in [0.15, 0.2) is 0 Å². The third kappa shape index (κ3) is 5.36. The van der Waals surface area contributed by atoms with Crippen molar-refractivity contribution in [1.29, 1.82) is 0 Å². The zero-order chi connectivity index (χ0) is 22.3. The molecule has 2 aliphatic heterocycles. The number of likely N-dealkylation sites (tertiary alicyclic amines) is 2. The smallest absolute Gasteiger partial charge is 0.225 e. The molecule has 4 heterocycles. The summed E-state index contributed by atoms with van der Waals surface area (Å²) in [5.74, 6) is 0.992. The number of allylic oxidation sites excluding steroid dienone is 2. The van der Waals surface area contributed by atoms with Gasteiger partial charge < -0.3 is 10.6 Å². The Hall–Kier alpha value is -2.73. The van der Waals surface area contributed by atoms with E-state index in [-0.39, 0.29) is 5.92 Å². The van der Waals surface area contributed by atoms with E-state index in [0.717, 1.165) is 81.8 Å². The first-order chi connectivity index (χ1) is 15.7. The lowest BCUT2D eigenvalue weighted by Crippen LogP contribution is -2.45. The number of pyridine rings is 2. The second-order valence-corrected chi connectivity index (χ2v) is 9.01. The van der Waals surface area contributed by atoms with Crippen molar-refractivity contribution in [3.05, 3.63) is 60.2 Å². The Morgan fingerprint density at radius 2 is 1.81 bits per heavy atom. The van der Waals surface area contributed by atoms with Crippen molar-refractivity contribution >= 4 is 17.2 Å². The minimum Gasteiger partial charge on any atom is -0.397 e. The average molecular weight is 434 g/mol. The highest BCUT2D eigenvalue weighted by molar-refractivity contribution is 5.79. The third-order valence-electron chi connectivity index (χ3n) is 6.91. The Bertz CT molecular complexity index is 913. The topological polar surface area (TPSA) is 75.4 Å². The number of anilines is 1. The van der Waals surface area contributed by atoms with Crippen LogP contribution in [-0.2, 0) is 11.3 Å². The molecule has 0 unspecified atom stereocenters. The van der Waals surface area contributed by atoms with Gasteiger partial charge in [0.25, 0.3) is 0 Å². The molecule has 0 saturated carbocycles. The van der Waals surface area contributed by atoms with Crippen LogP contribution in [0.5, 0.6) is 0 Å². The molecule has 2 saturated heterocycles. The molecule has 0 bridgehead atoms. The van der Waals surface area contributed by atoms with E-state index in [4.69, 9.17) is 5.73 Å². The van der Waals surface area contributed by atoms with Crippen LogP contribution in [0.25, 0.3) is 5.57 Å². The van der Waals surface area contributed by atoms with Crippen molar-refractivity contribution in [2.45, 2.75) is 45.6 Å². The number of aromatic nitrogens is 2. The summed E-state index contributed by atoms with van der Waals surface area (Å²) in [5.41, 5.74) is 10.3. The van der Waals surface area contributed by atoms with Gasteiger partial charge in [-0.1, -0.05) is 19.1 Å². The van der Waals surface area contributed by atoms with Gasteiger partial charge in [-0.25, -0.2) is 0 Å². The second-order valence-electron chi connectivity index (χ2n) is 9.01. The number of rotatable bonds is 6. The Kier molecular flexibility index (Phi) is 7.53. The summed E-state index contributed by atoms with van der Waals surface area (Å²) >= 11 is 0. The summed E-state index contributed by atoms with van der Waals surface area (Å²) in [4.78, 5) is 26.4. The van der Waals surface area contributed by atoms with E-state index in [1.807, 2.05) is 18.3 Å². The lowest BCUT2D eigenvalue weighted by molar-refractivity contribution is -0.138. The molecule has 0 aromatic carbocycles. The molecule has 0 spiro atoms. The van der Waals surface area contributed by atoms with Crippen molar-refractivity contribution in [2.75, 3.05) is 31.9 Å². The lowest BCUT2D eigenvalue weighted by Gasteiger charge is -2.38. The van der Waals surface area contributed by atoms with Crippen LogP contribution in [-0.4, -0.2) is 51.9 Å². The molecule has 1 amide bonds. The van der Waals surface area contributed by atoms with Crippen molar-refractivity contribution in [3.8, 4) is 0 Å². The standard InChI is InChI=1S/C26H35N5O/c1-2-5-23(25-6-3-4-12-29-25)20-10-16-31(17-11-20)26(32)21-8-14-30(15-9-21)19-22-7-13-28-18-24(22)27/h3-7,12-13,18,20-21H,2,8-11,14-17,19,27H2,1H3/b23-5+. The molecule has 2 fully saturated rings. The van der Waals surface area contributed by atoms with Gasteiger partial charge in [-0.3, -0.25) is 19.7 Å². The van der Waals surface area contributed by atoms with E-state index in [9.17, 15) is 4.79 Å². The van der Waals surface area contributed by atoms with Crippen molar-refractivity contribution in [3.63, 3.8) is 0 Å². The van der Waals surface area contributed by atoms with Gasteiger partial charge in [-0.2, -0.15) is 0 Å². The highest BCUT2D eigenvalue weighted by Gasteiger charge is 2.32. The fourth-order valence-electron chi connectivity index (χ4n) is 5.06. The number of nitrogen functional groups attached to an aromatic ring is 1. The zero-order valence-electron chi connectivity index (χ0n) is 19.1. The molecule has 0 atom stereocenters. The van der Waals surface area contributed by atoms with Gasteiger partial charge in [-0.05, 0) is 80.4 Å². The molecule has 32 heavy (non-hydrogen) atoms. The number of nitrogens with zero attached hydrogens (tertiary/aromatic N) is 4. The molecule has 6 heteroatoms.